The molecular weight excluding hydrogens is 330 g/mol. The van der Waals surface area contributed by atoms with Crippen LogP contribution in [0.25, 0.3) is 0 Å². The largest absolute Gasteiger partial charge is 0.375 e. The number of benzene rings is 1. The van der Waals surface area contributed by atoms with E-state index in [-0.39, 0.29) is 34.1 Å². The van der Waals surface area contributed by atoms with E-state index in [1.807, 2.05) is 20.8 Å². The quantitative estimate of drug-likeness (QED) is 0.500. The molecule has 3 nitrogen and oxygen atoms in total. The minimum absolute atomic E-state index is 0.0316. The van der Waals surface area contributed by atoms with Crippen LogP contribution in [0.1, 0.15) is 32.4 Å². The monoisotopic (exact) mass is 348 g/mol. The first-order valence-electron chi connectivity index (χ1n) is 6.63. The molecule has 5 unspecified atom stereocenters. The molecule has 1 aromatic rings. The summed E-state index contributed by atoms with van der Waals surface area (Å²) in [5.74, 6) is 4.40. The lowest BCUT2D eigenvalue weighted by atomic mass is 9.80. The molecule has 112 valence electrons. The number of hydrogen-bond acceptors (Lipinski definition) is 3. The van der Waals surface area contributed by atoms with E-state index in [0.29, 0.717) is 0 Å². The van der Waals surface area contributed by atoms with Gasteiger partial charge in [-0.15, -0.1) is 0 Å². The molecule has 1 saturated heterocycles. The second kappa shape index (κ2) is 6.05. The van der Waals surface area contributed by atoms with Gasteiger partial charge in [-0.2, -0.15) is 0 Å². The van der Waals surface area contributed by atoms with Crippen molar-refractivity contribution in [3.63, 3.8) is 0 Å². The Kier molecular flexibility index (Phi) is 4.79. The van der Waals surface area contributed by atoms with Crippen LogP contribution in [0.2, 0.25) is 0 Å². The molecule has 0 bridgehead atoms. The number of hydrazine groups is 1. The minimum Gasteiger partial charge on any atom is -0.375 e. The van der Waals surface area contributed by atoms with E-state index in [1.54, 1.807) is 0 Å². The molecule has 0 aromatic heterocycles. The Morgan fingerprint density at radius 2 is 1.90 bits per heavy atom. The van der Waals surface area contributed by atoms with Gasteiger partial charge in [0.15, 0.2) is 0 Å². The van der Waals surface area contributed by atoms with Gasteiger partial charge < -0.3 is 4.74 Å². The van der Waals surface area contributed by atoms with Crippen molar-refractivity contribution in [3.8, 4) is 0 Å². The van der Waals surface area contributed by atoms with Crippen LogP contribution < -0.4 is 11.3 Å². The van der Waals surface area contributed by atoms with Gasteiger partial charge in [0.1, 0.15) is 11.6 Å². The van der Waals surface area contributed by atoms with Gasteiger partial charge in [0, 0.05) is 11.5 Å². The molecule has 1 aromatic carbocycles. The Hall–Kier alpha value is -0.560. The molecular formula is C14H19BrF2N2O. The average Bonchev–Trinajstić information content (AvgIpc) is 2.65. The first-order chi connectivity index (χ1) is 9.38. The van der Waals surface area contributed by atoms with Gasteiger partial charge in [0.05, 0.1) is 22.7 Å². The summed E-state index contributed by atoms with van der Waals surface area (Å²) in [6.45, 7) is 5.88. The highest BCUT2D eigenvalue weighted by atomic mass is 79.9. The van der Waals surface area contributed by atoms with Crippen molar-refractivity contribution >= 4 is 15.9 Å². The van der Waals surface area contributed by atoms with Gasteiger partial charge in [-0.3, -0.25) is 11.3 Å². The fourth-order valence-corrected chi connectivity index (χ4v) is 3.43. The smallest absolute Gasteiger partial charge is 0.145 e. The molecule has 3 N–H and O–H groups in total. The normalized spacial score (nSPS) is 31.6. The highest BCUT2D eigenvalue weighted by Gasteiger charge is 2.43. The third kappa shape index (κ3) is 2.62. The predicted octanol–water partition coefficient (Wildman–Crippen LogP) is 3.29. The van der Waals surface area contributed by atoms with Crippen molar-refractivity contribution in [2.24, 2.45) is 17.7 Å². The van der Waals surface area contributed by atoms with Crippen molar-refractivity contribution in [2.75, 3.05) is 0 Å². The molecule has 0 aliphatic carbocycles. The van der Waals surface area contributed by atoms with Gasteiger partial charge in [0.2, 0.25) is 0 Å². The lowest BCUT2D eigenvalue weighted by Crippen LogP contribution is -2.39. The summed E-state index contributed by atoms with van der Waals surface area (Å²) in [5.41, 5.74) is 2.53. The van der Waals surface area contributed by atoms with E-state index in [4.69, 9.17) is 10.6 Å². The molecule has 1 aliphatic rings. The maximum Gasteiger partial charge on any atom is 0.145 e. The second-order valence-corrected chi connectivity index (χ2v) is 6.24. The molecule has 1 fully saturated rings. The fourth-order valence-electron chi connectivity index (χ4n) is 3.08. The van der Waals surface area contributed by atoms with E-state index in [9.17, 15) is 8.78 Å². The van der Waals surface area contributed by atoms with Crippen molar-refractivity contribution < 1.29 is 13.5 Å². The van der Waals surface area contributed by atoms with Crippen molar-refractivity contribution in [3.05, 3.63) is 33.8 Å². The summed E-state index contributed by atoms with van der Waals surface area (Å²) in [6, 6.07) is 1.95. The number of nitrogens with two attached hydrogens (primary N) is 1. The van der Waals surface area contributed by atoms with Crippen LogP contribution in [0.3, 0.4) is 0 Å². The zero-order valence-electron chi connectivity index (χ0n) is 11.7. The second-order valence-electron chi connectivity index (χ2n) is 5.38. The summed E-state index contributed by atoms with van der Waals surface area (Å²) in [4.78, 5) is 0. The van der Waals surface area contributed by atoms with Gasteiger partial charge in [-0.05, 0) is 47.8 Å². The highest BCUT2D eigenvalue weighted by molar-refractivity contribution is 9.10. The SMILES string of the molecule is CC1OC(C)C(C(NN)c2c(F)ccc(Br)c2F)C1C. The summed E-state index contributed by atoms with van der Waals surface area (Å²) in [7, 11) is 0. The number of nitrogens with one attached hydrogen (secondary N) is 1. The molecule has 0 saturated carbocycles. The predicted molar refractivity (Wildman–Crippen MR) is 76.8 cm³/mol. The van der Waals surface area contributed by atoms with Crippen LogP contribution in [0, 0.1) is 23.5 Å². The van der Waals surface area contributed by atoms with Crippen molar-refractivity contribution in [1.82, 2.24) is 5.43 Å². The number of rotatable bonds is 3. The Bertz CT molecular complexity index is 500. The van der Waals surface area contributed by atoms with Crippen molar-refractivity contribution in [1.29, 1.82) is 0 Å². The Morgan fingerprint density at radius 3 is 2.40 bits per heavy atom. The molecule has 1 aliphatic heterocycles. The zero-order chi connectivity index (χ0) is 15.0. The van der Waals surface area contributed by atoms with Crippen LogP contribution in [0.4, 0.5) is 8.78 Å². The minimum atomic E-state index is -0.637. The standard InChI is InChI=1S/C14H19BrF2N2O/c1-6-7(2)20-8(3)11(6)14(19-18)12-10(16)5-4-9(15)13(12)17/h4-8,11,14,19H,18H2,1-3H3. The fraction of sp³-hybridized carbons (Fsp3) is 0.571. The van der Waals surface area contributed by atoms with E-state index >= 15 is 0 Å². The molecule has 5 atom stereocenters. The maximum atomic E-state index is 14.3. The van der Waals surface area contributed by atoms with Crippen LogP contribution in [0.5, 0.6) is 0 Å². The van der Waals surface area contributed by atoms with E-state index in [0.717, 1.165) is 0 Å². The third-order valence-corrected chi connectivity index (χ3v) is 4.89. The van der Waals surface area contributed by atoms with Crippen LogP contribution in [0.15, 0.2) is 16.6 Å². The first-order valence-corrected chi connectivity index (χ1v) is 7.42. The van der Waals surface area contributed by atoms with E-state index < -0.39 is 17.7 Å². The molecule has 1 heterocycles. The van der Waals surface area contributed by atoms with Crippen LogP contribution in [-0.2, 0) is 4.74 Å². The van der Waals surface area contributed by atoms with Gasteiger partial charge in [-0.1, -0.05) is 6.92 Å². The molecule has 0 radical (unpaired) electrons. The Balaban J connectivity index is 2.46. The lowest BCUT2D eigenvalue weighted by Gasteiger charge is -2.29. The Labute approximate surface area is 126 Å². The number of halogens is 3. The summed E-state index contributed by atoms with van der Waals surface area (Å²) < 4.78 is 34.3. The first kappa shape index (κ1) is 15.8. The van der Waals surface area contributed by atoms with Crippen molar-refractivity contribution in [2.45, 2.75) is 39.0 Å². The highest BCUT2D eigenvalue weighted by Crippen LogP contribution is 2.42. The van der Waals surface area contributed by atoms with Gasteiger partial charge in [-0.25, -0.2) is 8.78 Å². The maximum absolute atomic E-state index is 14.3. The number of ether oxygens (including phenoxy) is 1. The Morgan fingerprint density at radius 1 is 1.25 bits per heavy atom. The zero-order valence-corrected chi connectivity index (χ0v) is 13.2. The van der Waals surface area contributed by atoms with Crippen LogP contribution >= 0.6 is 15.9 Å². The van der Waals surface area contributed by atoms with E-state index in [1.165, 1.54) is 12.1 Å². The van der Waals surface area contributed by atoms with Crippen LogP contribution in [-0.4, -0.2) is 12.2 Å². The average molecular weight is 349 g/mol. The van der Waals surface area contributed by atoms with E-state index in [2.05, 4.69) is 21.4 Å². The molecule has 2 rings (SSSR count). The summed E-state index contributed by atoms with van der Waals surface area (Å²) in [6.07, 6.45) is -0.0945. The lowest BCUT2D eigenvalue weighted by molar-refractivity contribution is 0.0472. The molecule has 6 heteroatoms. The summed E-state index contributed by atoms with van der Waals surface area (Å²) >= 11 is 3.09. The topological polar surface area (TPSA) is 47.3 Å². The van der Waals surface area contributed by atoms with Gasteiger partial charge >= 0.3 is 0 Å². The molecule has 0 spiro atoms. The van der Waals surface area contributed by atoms with Gasteiger partial charge in [0.25, 0.3) is 0 Å². The third-order valence-electron chi connectivity index (χ3n) is 4.27. The molecule has 0 amide bonds. The molecule has 20 heavy (non-hydrogen) atoms. The number of hydrogen-bond donors (Lipinski definition) is 2. The summed E-state index contributed by atoms with van der Waals surface area (Å²) in [5, 5.41) is 0.